The fourth-order valence-electron chi connectivity index (χ4n) is 2.09. The van der Waals surface area contributed by atoms with Gasteiger partial charge in [0.25, 0.3) is 0 Å². The van der Waals surface area contributed by atoms with Gasteiger partial charge in [0, 0.05) is 24.9 Å². The van der Waals surface area contributed by atoms with Crippen LogP contribution >= 0.6 is 0 Å². The predicted octanol–water partition coefficient (Wildman–Crippen LogP) is 1.46. The van der Waals surface area contributed by atoms with Crippen LogP contribution in [-0.4, -0.2) is 20.8 Å². The molecule has 2 heterocycles. The van der Waals surface area contributed by atoms with Crippen LogP contribution in [0.15, 0.2) is 29.1 Å². The molecule has 2 rings (SSSR count). The van der Waals surface area contributed by atoms with Crippen LogP contribution in [0.1, 0.15) is 37.9 Å². The van der Waals surface area contributed by atoms with E-state index in [9.17, 15) is 0 Å². The molecule has 1 unspecified atom stereocenters. The highest BCUT2D eigenvalue weighted by atomic mass is 16.3. The van der Waals surface area contributed by atoms with Crippen molar-refractivity contribution in [1.29, 1.82) is 0 Å². The molecule has 0 aliphatic heterocycles. The maximum Gasteiger partial charge on any atom is 0.138 e. The molecule has 0 spiro atoms. The number of nitrogens with one attached hydrogen (secondary N) is 1. The van der Waals surface area contributed by atoms with Gasteiger partial charge in [-0.05, 0) is 32.4 Å². The van der Waals surface area contributed by atoms with Crippen molar-refractivity contribution >= 4 is 0 Å². The molecule has 0 aliphatic carbocycles. The quantitative estimate of drug-likeness (QED) is 0.584. The summed E-state index contributed by atoms with van der Waals surface area (Å²) in [5.41, 5.74) is 2.85. The Hall–Kier alpha value is -1.66. The monoisotopic (exact) mass is 263 g/mol. The Morgan fingerprint density at radius 2 is 2.32 bits per heavy atom. The highest BCUT2D eigenvalue weighted by Gasteiger charge is 2.14. The molecular formula is C13H21N5O. The van der Waals surface area contributed by atoms with Crippen molar-refractivity contribution in [3.8, 4) is 0 Å². The van der Waals surface area contributed by atoms with E-state index in [2.05, 4.69) is 29.4 Å². The van der Waals surface area contributed by atoms with Crippen LogP contribution in [0.25, 0.3) is 0 Å². The van der Waals surface area contributed by atoms with Crippen LogP contribution < -0.4 is 11.3 Å². The molecule has 0 aromatic carbocycles. The molecule has 2 aromatic heterocycles. The summed E-state index contributed by atoms with van der Waals surface area (Å²) in [5.74, 6) is 7.55. The Labute approximate surface area is 113 Å². The van der Waals surface area contributed by atoms with Crippen molar-refractivity contribution in [2.75, 3.05) is 0 Å². The summed E-state index contributed by atoms with van der Waals surface area (Å²) in [4.78, 5) is 4.30. The second kappa shape index (κ2) is 6.49. The third kappa shape index (κ3) is 3.65. The summed E-state index contributed by atoms with van der Waals surface area (Å²) in [5, 5.41) is 4.23. The van der Waals surface area contributed by atoms with Crippen LogP contribution in [0.4, 0.5) is 0 Å². The molecular weight excluding hydrogens is 242 g/mol. The van der Waals surface area contributed by atoms with Crippen molar-refractivity contribution in [2.24, 2.45) is 5.84 Å². The first kappa shape index (κ1) is 13.8. The zero-order valence-electron chi connectivity index (χ0n) is 11.4. The van der Waals surface area contributed by atoms with E-state index in [1.165, 1.54) is 0 Å². The topological polar surface area (TPSA) is 81.9 Å². The lowest BCUT2D eigenvalue weighted by Gasteiger charge is -2.16. The van der Waals surface area contributed by atoms with Crippen LogP contribution in [0, 0.1) is 0 Å². The first-order chi connectivity index (χ1) is 9.20. The number of hydrogen-bond acceptors (Lipinski definition) is 5. The number of nitrogens with zero attached hydrogens (tertiary/aromatic N) is 3. The Bertz CT molecular complexity index is 477. The summed E-state index contributed by atoms with van der Waals surface area (Å²) < 4.78 is 7.25. The van der Waals surface area contributed by atoms with Crippen molar-refractivity contribution in [3.63, 3.8) is 0 Å². The maximum atomic E-state index is 5.62. The Morgan fingerprint density at radius 1 is 1.47 bits per heavy atom. The van der Waals surface area contributed by atoms with Gasteiger partial charge in [0.15, 0.2) is 0 Å². The number of aromatic nitrogens is 3. The van der Waals surface area contributed by atoms with Gasteiger partial charge in [-0.25, -0.2) is 9.67 Å². The number of furan rings is 1. The molecule has 19 heavy (non-hydrogen) atoms. The summed E-state index contributed by atoms with van der Waals surface area (Å²) >= 11 is 0. The highest BCUT2D eigenvalue weighted by molar-refractivity contribution is 4.99. The largest absolute Gasteiger partial charge is 0.469 e. The molecule has 3 N–H and O–H groups in total. The van der Waals surface area contributed by atoms with Gasteiger partial charge in [0.1, 0.15) is 17.9 Å². The predicted molar refractivity (Wildman–Crippen MR) is 72.3 cm³/mol. The second-order valence-corrected chi connectivity index (χ2v) is 4.90. The summed E-state index contributed by atoms with van der Waals surface area (Å²) in [6.07, 6.45) is 5.80. The molecule has 0 fully saturated rings. The minimum Gasteiger partial charge on any atom is -0.469 e. The number of aryl methyl sites for hydroxylation is 1. The summed E-state index contributed by atoms with van der Waals surface area (Å²) in [6.45, 7) is 4.18. The molecule has 6 heteroatoms. The standard InChI is InChI=1S/C13H21N5O/c1-10(2)18-13(15-9-16-18)8-11(17-14)5-6-12-4-3-7-19-12/h3-4,7,9-11,17H,5-6,8,14H2,1-2H3. The van der Waals surface area contributed by atoms with Gasteiger partial charge in [0.05, 0.1) is 6.26 Å². The molecule has 0 saturated carbocycles. The lowest BCUT2D eigenvalue weighted by Crippen LogP contribution is -2.38. The third-order valence-electron chi connectivity index (χ3n) is 3.12. The molecule has 2 aromatic rings. The zero-order valence-corrected chi connectivity index (χ0v) is 11.4. The van der Waals surface area contributed by atoms with Gasteiger partial charge in [-0.2, -0.15) is 5.10 Å². The molecule has 0 amide bonds. The van der Waals surface area contributed by atoms with Crippen molar-refractivity contribution in [3.05, 3.63) is 36.3 Å². The second-order valence-electron chi connectivity index (χ2n) is 4.90. The first-order valence-electron chi connectivity index (χ1n) is 6.57. The van der Waals surface area contributed by atoms with E-state index in [1.807, 2.05) is 16.8 Å². The van der Waals surface area contributed by atoms with Crippen LogP contribution in [0.3, 0.4) is 0 Å². The minimum absolute atomic E-state index is 0.159. The van der Waals surface area contributed by atoms with E-state index in [4.69, 9.17) is 10.3 Å². The van der Waals surface area contributed by atoms with Crippen molar-refractivity contribution in [1.82, 2.24) is 20.2 Å². The molecule has 0 saturated heterocycles. The molecule has 6 nitrogen and oxygen atoms in total. The maximum absolute atomic E-state index is 5.62. The molecule has 0 aliphatic rings. The van der Waals surface area contributed by atoms with E-state index >= 15 is 0 Å². The number of hydrogen-bond donors (Lipinski definition) is 2. The summed E-state index contributed by atoms with van der Waals surface area (Å²) in [7, 11) is 0. The van der Waals surface area contributed by atoms with Gasteiger partial charge in [-0.3, -0.25) is 11.3 Å². The first-order valence-corrected chi connectivity index (χ1v) is 6.57. The van der Waals surface area contributed by atoms with E-state index in [1.54, 1.807) is 12.6 Å². The van der Waals surface area contributed by atoms with E-state index in [-0.39, 0.29) is 6.04 Å². The fourth-order valence-corrected chi connectivity index (χ4v) is 2.09. The Balaban J connectivity index is 1.93. The molecule has 1 atom stereocenters. The van der Waals surface area contributed by atoms with Crippen LogP contribution in [0.5, 0.6) is 0 Å². The van der Waals surface area contributed by atoms with Gasteiger partial charge in [-0.1, -0.05) is 0 Å². The zero-order chi connectivity index (χ0) is 13.7. The lowest BCUT2D eigenvalue weighted by molar-refractivity contribution is 0.424. The van der Waals surface area contributed by atoms with Crippen molar-refractivity contribution in [2.45, 2.75) is 45.2 Å². The van der Waals surface area contributed by atoms with Gasteiger partial charge >= 0.3 is 0 Å². The van der Waals surface area contributed by atoms with Crippen LogP contribution in [0.2, 0.25) is 0 Å². The average Bonchev–Trinajstić information content (AvgIpc) is 3.05. The molecule has 0 bridgehead atoms. The Kier molecular flexibility index (Phi) is 4.70. The average molecular weight is 263 g/mol. The lowest BCUT2D eigenvalue weighted by atomic mass is 10.1. The summed E-state index contributed by atoms with van der Waals surface area (Å²) in [6, 6.07) is 4.34. The van der Waals surface area contributed by atoms with Gasteiger partial charge in [0.2, 0.25) is 0 Å². The van der Waals surface area contributed by atoms with E-state index in [0.717, 1.165) is 30.8 Å². The van der Waals surface area contributed by atoms with Crippen LogP contribution in [-0.2, 0) is 12.8 Å². The molecule has 0 radical (unpaired) electrons. The van der Waals surface area contributed by atoms with E-state index in [0.29, 0.717) is 6.04 Å². The normalized spacial score (nSPS) is 13.1. The number of nitrogens with two attached hydrogens (primary N) is 1. The number of hydrazine groups is 1. The highest BCUT2D eigenvalue weighted by Crippen LogP contribution is 2.11. The fraction of sp³-hybridized carbons (Fsp3) is 0.538. The SMILES string of the molecule is CC(C)n1ncnc1CC(CCc1ccco1)NN. The van der Waals surface area contributed by atoms with Gasteiger partial charge in [-0.15, -0.1) is 0 Å². The van der Waals surface area contributed by atoms with Gasteiger partial charge < -0.3 is 4.42 Å². The minimum atomic E-state index is 0.159. The third-order valence-corrected chi connectivity index (χ3v) is 3.12. The van der Waals surface area contributed by atoms with E-state index < -0.39 is 0 Å². The smallest absolute Gasteiger partial charge is 0.138 e. The number of rotatable bonds is 7. The Morgan fingerprint density at radius 3 is 2.95 bits per heavy atom. The molecule has 104 valence electrons. The van der Waals surface area contributed by atoms with Crippen molar-refractivity contribution < 1.29 is 4.42 Å².